The molecule has 0 bridgehead atoms. The summed E-state index contributed by atoms with van der Waals surface area (Å²) >= 11 is 0. The molecule has 142 valence electrons. The number of carbonyl (C=O) groups is 5. The van der Waals surface area contributed by atoms with Crippen molar-refractivity contribution in [3.05, 3.63) is 70.3 Å². The van der Waals surface area contributed by atoms with Crippen LogP contribution in [-0.4, -0.2) is 42.7 Å². The van der Waals surface area contributed by atoms with Gasteiger partial charge in [0.1, 0.15) is 0 Å². The molecule has 1 aliphatic rings. The summed E-state index contributed by atoms with van der Waals surface area (Å²) in [6.07, 6.45) is -0.960. The molecule has 1 N–H and O–H groups in total. The van der Waals surface area contributed by atoms with Crippen LogP contribution in [0.4, 0.5) is 4.79 Å². The largest absolute Gasteiger partial charge is 0.452 e. The summed E-state index contributed by atoms with van der Waals surface area (Å²) in [6, 6.07) is 10.6. The Morgan fingerprint density at radius 2 is 1.50 bits per heavy atom. The number of amides is 2. The molecular formula is C20H15NO7. The van der Waals surface area contributed by atoms with Crippen LogP contribution in [0.3, 0.4) is 0 Å². The Bertz CT molecular complexity index is 1010. The van der Waals surface area contributed by atoms with Crippen molar-refractivity contribution in [3.8, 4) is 0 Å². The Morgan fingerprint density at radius 3 is 2.18 bits per heavy atom. The van der Waals surface area contributed by atoms with Gasteiger partial charge in [-0.2, -0.15) is 0 Å². The number of nitrogens with one attached hydrogen (secondary N) is 1. The number of alkyl carbamates (subject to hydrolysis) is 1. The zero-order chi connectivity index (χ0) is 20.3. The summed E-state index contributed by atoms with van der Waals surface area (Å²) in [7, 11) is 0. The molecule has 0 aliphatic heterocycles. The van der Waals surface area contributed by atoms with Gasteiger partial charge < -0.3 is 9.47 Å². The van der Waals surface area contributed by atoms with E-state index in [0.717, 1.165) is 0 Å². The van der Waals surface area contributed by atoms with Crippen molar-refractivity contribution in [3.63, 3.8) is 0 Å². The van der Waals surface area contributed by atoms with Gasteiger partial charge in [-0.1, -0.05) is 36.4 Å². The van der Waals surface area contributed by atoms with Crippen LogP contribution in [-0.2, 0) is 14.3 Å². The van der Waals surface area contributed by atoms with E-state index in [9.17, 15) is 24.0 Å². The maximum absolute atomic E-state index is 12.8. The van der Waals surface area contributed by atoms with Crippen molar-refractivity contribution >= 4 is 29.5 Å². The molecule has 2 aromatic rings. The van der Waals surface area contributed by atoms with Crippen molar-refractivity contribution in [2.75, 3.05) is 13.2 Å². The summed E-state index contributed by atoms with van der Waals surface area (Å²) in [4.78, 5) is 60.7. The van der Waals surface area contributed by atoms with Crippen molar-refractivity contribution < 1.29 is 33.4 Å². The smallest absolute Gasteiger partial charge is 0.413 e. The molecule has 8 heteroatoms. The maximum Gasteiger partial charge on any atom is 0.413 e. The molecule has 1 aliphatic carbocycles. The number of carbonyl (C=O) groups excluding carboxylic acids is 5. The van der Waals surface area contributed by atoms with Crippen LogP contribution in [0.15, 0.2) is 42.5 Å². The second kappa shape index (κ2) is 7.83. The highest BCUT2D eigenvalue weighted by atomic mass is 16.6. The van der Waals surface area contributed by atoms with E-state index in [-0.39, 0.29) is 40.2 Å². The fraction of sp³-hybridized carbons (Fsp3) is 0.150. The predicted octanol–water partition coefficient (Wildman–Crippen LogP) is 1.89. The van der Waals surface area contributed by atoms with Crippen LogP contribution in [0.25, 0.3) is 0 Å². The van der Waals surface area contributed by atoms with Crippen molar-refractivity contribution in [2.45, 2.75) is 6.92 Å². The van der Waals surface area contributed by atoms with Gasteiger partial charge in [0.2, 0.25) is 0 Å². The average molecular weight is 381 g/mol. The van der Waals surface area contributed by atoms with Gasteiger partial charge >= 0.3 is 12.1 Å². The first-order valence-electron chi connectivity index (χ1n) is 8.39. The quantitative estimate of drug-likeness (QED) is 0.686. The number of esters is 1. The molecule has 0 atom stereocenters. The first-order chi connectivity index (χ1) is 13.4. The lowest BCUT2D eigenvalue weighted by molar-refractivity contribution is -0.123. The molecular weight excluding hydrogens is 366 g/mol. The van der Waals surface area contributed by atoms with Crippen LogP contribution in [0.2, 0.25) is 0 Å². The zero-order valence-corrected chi connectivity index (χ0v) is 14.8. The summed E-state index contributed by atoms with van der Waals surface area (Å²) in [5.74, 6) is -2.70. The Hall–Kier alpha value is -3.81. The maximum atomic E-state index is 12.8. The van der Waals surface area contributed by atoms with Crippen molar-refractivity contribution in [1.82, 2.24) is 5.32 Å². The van der Waals surface area contributed by atoms with E-state index in [2.05, 4.69) is 4.74 Å². The number of benzene rings is 2. The molecule has 28 heavy (non-hydrogen) atoms. The van der Waals surface area contributed by atoms with Gasteiger partial charge in [0, 0.05) is 22.3 Å². The van der Waals surface area contributed by atoms with E-state index in [1.54, 1.807) is 25.1 Å². The Morgan fingerprint density at radius 1 is 0.857 bits per heavy atom. The van der Waals surface area contributed by atoms with Gasteiger partial charge in [0.25, 0.3) is 5.91 Å². The number of rotatable bonds is 4. The molecule has 0 saturated heterocycles. The van der Waals surface area contributed by atoms with Gasteiger partial charge in [0.05, 0.1) is 12.2 Å². The number of fused-ring (bicyclic) bond motifs is 2. The monoisotopic (exact) mass is 381 g/mol. The molecule has 0 radical (unpaired) electrons. The van der Waals surface area contributed by atoms with Gasteiger partial charge in [-0.3, -0.25) is 19.7 Å². The highest BCUT2D eigenvalue weighted by Crippen LogP contribution is 2.29. The molecule has 2 aromatic carbocycles. The molecule has 8 nitrogen and oxygen atoms in total. The Labute approximate surface area is 159 Å². The molecule has 0 fully saturated rings. The normalized spacial score (nSPS) is 11.9. The number of hydrogen-bond acceptors (Lipinski definition) is 7. The molecule has 0 unspecified atom stereocenters. The van der Waals surface area contributed by atoms with E-state index in [1.165, 1.54) is 24.3 Å². The minimum atomic E-state index is -0.962. The van der Waals surface area contributed by atoms with Crippen molar-refractivity contribution in [2.24, 2.45) is 0 Å². The highest BCUT2D eigenvalue weighted by molar-refractivity contribution is 6.30. The van der Waals surface area contributed by atoms with E-state index < -0.39 is 30.4 Å². The van der Waals surface area contributed by atoms with Gasteiger partial charge in [-0.15, -0.1) is 0 Å². The second-order valence-electron chi connectivity index (χ2n) is 5.78. The molecule has 0 saturated carbocycles. The lowest BCUT2D eigenvalue weighted by atomic mass is 9.82. The zero-order valence-electron chi connectivity index (χ0n) is 14.8. The molecule has 3 rings (SSSR count). The van der Waals surface area contributed by atoms with E-state index in [4.69, 9.17) is 4.74 Å². The number of hydrogen-bond donors (Lipinski definition) is 1. The van der Waals surface area contributed by atoms with E-state index in [1.807, 2.05) is 5.32 Å². The van der Waals surface area contributed by atoms with E-state index in [0.29, 0.717) is 0 Å². The molecule has 0 aromatic heterocycles. The summed E-state index contributed by atoms with van der Waals surface area (Å²) in [5.41, 5.74) is 0.352. The number of imide groups is 1. The third-order valence-corrected chi connectivity index (χ3v) is 4.02. The summed E-state index contributed by atoms with van der Waals surface area (Å²) in [6.45, 7) is 0.895. The van der Waals surface area contributed by atoms with Gasteiger partial charge in [-0.25, -0.2) is 9.59 Å². The minimum Gasteiger partial charge on any atom is -0.452 e. The Kier molecular flexibility index (Phi) is 5.30. The minimum absolute atomic E-state index is 0.0676. The fourth-order valence-corrected chi connectivity index (χ4v) is 2.84. The first kappa shape index (κ1) is 19.0. The molecule has 0 heterocycles. The SMILES string of the molecule is CCOC(=O)NC(=O)COC(=O)c1cccc2c1C(=O)c1ccccc1C2=O. The lowest BCUT2D eigenvalue weighted by Crippen LogP contribution is -2.34. The fourth-order valence-electron chi connectivity index (χ4n) is 2.84. The Balaban J connectivity index is 1.82. The second-order valence-corrected chi connectivity index (χ2v) is 5.78. The average Bonchev–Trinajstić information content (AvgIpc) is 2.69. The topological polar surface area (TPSA) is 116 Å². The first-order valence-corrected chi connectivity index (χ1v) is 8.39. The number of ether oxygens (including phenoxy) is 2. The summed E-state index contributed by atoms with van der Waals surface area (Å²) < 4.78 is 9.43. The van der Waals surface area contributed by atoms with Crippen LogP contribution >= 0.6 is 0 Å². The molecule has 2 amide bonds. The third-order valence-electron chi connectivity index (χ3n) is 4.02. The lowest BCUT2D eigenvalue weighted by Gasteiger charge is -2.19. The predicted molar refractivity (Wildman–Crippen MR) is 95.2 cm³/mol. The van der Waals surface area contributed by atoms with Gasteiger partial charge in [-0.05, 0) is 13.0 Å². The van der Waals surface area contributed by atoms with Crippen LogP contribution < -0.4 is 5.32 Å². The molecule has 0 spiro atoms. The van der Waals surface area contributed by atoms with Crippen LogP contribution in [0.5, 0.6) is 0 Å². The van der Waals surface area contributed by atoms with Crippen LogP contribution in [0.1, 0.15) is 49.1 Å². The van der Waals surface area contributed by atoms with Gasteiger partial charge in [0.15, 0.2) is 18.2 Å². The van der Waals surface area contributed by atoms with Crippen LogP contribution in [0, 0.1) is 0 Å². The highest BCUT2D eigenvalue weighted by Gasteiger charge is 2.33. The van der Waals surface area contributed by atoms with E-state index >= 15 is 0 Å². The standard InChI is InChI=1S/C20H15NO7/c1-2-27-20(26)21-15(22)10-28-19(25)14-9-5-8-13-16(14)18(24)12-7-4-3-6-11(12)17(13)23/h3-9H,2,10H2,1H3,(H,21,22,26). The number of ketones is 2. The summed E-state index contributed by atoms with van der Waals surface area (Å²) in [5, 5.41) is 1.88. The van der Waals surface area contributed by atoms with Crippen molar-refractivity contribution in [1.29, 1.82) is 0 Å². The third kappa shape index (κ3) is 3.52.